The lowest BCUT2D eigenvalue weighted by molar-refractivity contribution is -0.272. The molecule has 1 heterocycles. The fourth-order valence-corrected chi connectivity index (χ4v) is 3.70. The van der Waals surface area contributed by atoms with Crippen molar-refractivity contribution >= 4 is 0 Å². The zero-order valence-electron chi connectivity index (χ0n) is 16.3. The Labute approximate surface area is 156 Å². The van der Waals surface area contributed by atoms with Crippen LogP contribution in [-0.4, -0.2) is 63.8 Å². The largest absolute Gasteiger partial charge is 0.390 e. The fraction of sp³-hybridized carbons (Fsp3) is 0.900. The minimum absolute atomic E-state index is 0.0307. The van der Waals surface area contributed by atoms with Crippen molar-refractivity contribution in [3.8, 4) is 0 Å². The van der Waals surface area contributed by atoms with Gasteiger partial charge in [0.2, 0.25) is 0 Å². The van der Waals surface area contributed by atoms with Crippen molar-refractivity contribution in [2.45, 2.75) is 89.5 Å². The Balaban J connectivity index is 1.62. The minimum Gasteiger partial charge on any atom is -0.390 e. The average Bonchev–Trinajstić information content (AvgIpc) is 2.59. The molecule has 4 N–H and O–H groups in total. The number of rotatable bonds is 8. The molecule has 1 aliphatic heterocycles. The van der Waals surface area contributed by atoms with Crippen molar-refractivity contribution in [1.29, 1.82) is 0 Å². The van der Waals surface area contributed by atoms with Crippen LogP contribution in [0.3, 0.4) is 0 Å². The molecule has 6 nitrogen and oxygen atoms in total. The van der Waals surface area contributed by atoms with Crippen molar-refractivity contribution in [3.05, 3.63) is 11.6 Å². The Morgan fingerprint density at radius 1 is 1.27 bits per heavy atom. The predicted molar refractivity (Wildman–Crippen MR) is 98.4 cm³/mol. The van der Waals surface area contributed by atoms with Gasteiger partial charge in [0.1, 0.15) is 18.3 Å². The molecule has 0 unspecified atom stereocenters. The van der Waals surface area contributed by atoms with Crippen LogP contribution in [0.15, 0.2) is 11.6 Å². The number of aliphatic hydroxyl groups is 4. The summed E-state index contributed by atoms with van der Waals surface area (Å²) < 4.78 is 10.8. The van der Waals surface area contributed by atoms with E-state index < -0.39 is 30.2 Å². The normalized spacial score (nSPS) is 34.4. The third-order valence-corrected chi connectivity index (χ3v) is 5.70. The van der Waals surface area contributed by atoms with E-state index in [1.54, 1.807) is 0 Å². The van der Waals surface area contributed by atoms with Crippen LogP contribution in [0.2, 0.25) is 0 Å². The van der Waals surface area contributed by atoms with Gasteiger partial charge in [-0.2, -0.15) is 0 Å². The second-order valence-corrected chi connectivity index (χ2v) is 8.57. The van der Waals surface area contributed by atoms with Gasteiger partial charge < -0.3 is 29.9 Å². The quantitative estimate of drug-likeness (QED) is 0.485. The van der Waals surface area contributed by atoms with Crippen molar-refractivity contribution < 1.29 is 29.9 Å². The summed E-state index contributed by atoms with van der Waals surface area (Å²) in [6.45, 7) is 6.30. The highest BCUT2D eigenvalue weighted by atomic mass is 16.7. The van der Waals surface area contributed by atoms with Gasteiger partial charge in [0.25, 0.3) is 0 Å². The number of hydrogen-bond acceptors (Lipinski definition) is 6. The molecule has 1 fully saturated rings. The summed E-state index contributed by atoms with van der Waals surface area (Å²) in [5, 5.41) is 39.0. The Bertz CT molecular complexity index is 458. The molecular weight excluding hydrogens is 336 g/mol. The van der Waals surface area contributed by atoms with E-state index in [2.05, 4.69) is 13.0 Å². The second kappa shape index (κ2) is 9.62. The average molecular weight is 373 g/mol. The molecule has 0 aromatic carbocycles. The topological polar surface area (TPSA) is 99.4 Å². The monoisotopic (exact) mass is 372 g/mol. The molecule has 0 aromatic rings. The van der Waals surface area contributed by atoms with Crippen molar-refractivity contribution in [3.63, 3.8) is 0 Å². The molecule has 6 atom stereocenters. The van der Waals surface area contributed by atoms with Gasteiger partial charge in [0, 0.05) is 0 Å². The maximum atomic E-state index is 10.1. The van der Waals surface area contributed by atoms with Gasteiger partial charge in [-0.15, -0.1) is 0 Å². The van der Waals surface area contributed by atoms with E-state index in [4.69, 9.17) is 9.47 Å². The number of hydrogen-bond donors (Lipinski definition) is 4. The third-order valence-electron chi connectivity index (χ3n) is 5.70. The lowest BCUT2D eigenvalue weighted by atomic mass is 9.78. The van der Waals surface area contributed by atoms with Crippen LogP contribution in [-0.2, 0) is 9.47 Å². The lowest BCUT2D eigenvalue weighted by Gasteiger charge is -2.35. The van der Waals surface area contributed by atoms with Gasteiger partial charge in [-0.05, 0) is 64.2 Å². The van der Waals surface area contributed by atoms with Crippen LogP contribution >= 0.6 is 0 Å². The van der Waals surface area contributed by atoms with Crippen molar-refractivity contribution in [2.75, 3.05) is 13.2 Å². The van der Waals surface area contributed by atoms with Gasteiger partial charge in [-0.1, -0.05) is 18.6 Å². The predicted octanol–water partition coefficient (Wildman–Crippen LogP) is 1.75. The van der Waals surface area contributed by atoms with Crippen LogP contribution in [0.25, 0.3) is 0 Å². The van der Waals surface area contributed by atoms with E-state index in [0.717, 1.165) is 38.5 Å². The summed E-state index contributed by atoms with van der Waals surface area (Å²) in [6, 6.07) is 0. The van der Waals surface area contributed by atoms with Gasteiger partial charge >= 0.3 is 0 Å². The molecule has 0 bridgehead atoms. The first-order valence-corrected chi connectivity index (χ1v) is 9.86. The molecule has 0 amide bonds. The van der Waals surface area contributed by atoms with Gasteiger partial charge in [0.05, 0.1) is 18.8 Å². The van der Waals surface area contributed by atoms with Crippen LogP contribution in [0.4, 0.5) is 0 Å². The summed E-state index contributed by atoms with van der Waals surface area (Å²) in [7, 11) is 0. The Morgan fingerprint density at radius 3 is 2.62 bits per heavy atom. The van der Waals surface area contributed by atoms with E-state index >= 15 is 0 Å². The fourth-order valence-electron chi connectivity index (χ4n) is 3.70. The number of allylic oxidation sites excluding steroid dienone is 2. The first-order chi connectivity index (χ1) is 12.2. The summed E-state index contributed by atoms with van der Waals surface area (Å²) in [4.78, 5) is 0. The SMILES string of the molecule is C[C@H](CCCC1=CC[C@H](C(C)(C)O)CC1)CO[C@@H]1OC[C@@H](O)[C@H](O)[C@H]1O. The molecular formula is C20H36O6. The Morgan fingerprint density at radius 2 is 2.00 bits per heavy atom. The lowest BCUT2D eigenvalue weighted by Crippen LogP contribution is -2.53. The Hall–Kier alpha value is -0.500. The highest BCUT2D eigenvalue weighted by Gasteiger charge is 2.38. The summed E-state index contributed by atoms with van der Waals surface area (Å²) in [6.07, 6.45) is 4.17. The molecule has 6 heteroatoms. The zero-order chi connectivity index (χ0) is 19.3. The Kier molecular flexibility index (Phi) is 8.07. The summed E-state index contributed by atoms with van der Waals surface area (Å²) in [5.74, 6) is 0.678. The van der Waals surface area contributed by atoms with E-state index in [9.17, 15) is 20.4 Å². The maximum Gasteiger partial charge on any atom is 0.186 e. The van der Waals surface area contributed by atoms with Crippen LogP contribution < -0.4 is 0 Å². The molecule has 1 saturated heterocycles. The first-order valence-electron chi connectivity index (χ1n) is 9.86. The highest BCUT2D eigenvalue weighted by molar-refractivity contribution is 5.08. The van der Waals surface area contributed by atoms with E-state index in [0.29, 0.717) is 18.4 Å². The van der Waals surface area contributed by atoms with Crippen molar-refractivity contribution in [2.24, 2.45) is 11.8 Å². The molecule has 2 aliphatic rings. The maximum absolute atomic E-state index is 10.1. The number of ether oxygens (including phenoxy) is 2. The minimum atomic E-state index is -1.23. The van der Waals surface area contributed by atoms with Crippen LogP contribution in [0.5, 0.6) is 0 Å². The van der Waals surface area contributed by atoms with Gasteiger partial charge in [0.15, 0.2) is 6.29 Å². The van der Waals surface area contributed by atoms with Crippen LogP contribution in [0.1, 0.15) is 59.3 Å². The summed E-state index contributed by atoms with van der Waals surface area (Å²) in [5.41, 5.74) is 0.894. The second-order valence-electron chi connectivity index (χ2n) is 8.57. The standard InChI is InChI=1S/C20H36O6/c1-13(11-25-19-18(23)17(22)16(21)12-26-19)5-4-6-14-7-9-15(10-8-14)20(2,3)24/h7,13,15-19,21-24H,4-6,8-12H2,1-3H3/t13-,15+,16-,17+,18-,19-/m1/s1. The molecule has 0 spiro atoms. The molecule has 152 valence electrons. The molecule has 0 aromatic heterocycles. The van der Waals surface area contributed by atoms with Crippen molar-refractivity contribution in [1.82, 2.24) is 0 Å². The number of aliphatic hydroxyl groups excluding tert-OH is 3. The molecule has 1 aliphatic carbocycles. The molecule has 2 rings (SSSR count). The van der Waals surface area contributed by atoms with E-state index in [1.807, 2.05) is 13.8 Å². The summed E-state index contributed by atoms with van der Waals surface area (Å²) >= 11 is 0. The van der Waals surface area contributed by atoms with Gasteiger partial charge in [-0.25, -0.2) is 0 Å². The van der Waals surface area contributed by atoms with E-state index in [1.165, 1.54) is 5.57 Å². The molecule has 0 radical (unpaired) electrons. The highest BCUT2D eigenvalue weighted by Crippen LogP contribution is 2.33. The third kappa shape index (κ3) is 6.29. The first kappa shape index (κ1) is 21.8. The van der Waals surface area contributed by atoms with Crippen LogP contribution in [0, 0.1) is 11.8 Å². The zero-order valence-corrected chi connectivity index (χ0v) is 16.3. The smallest absolute Gasteiger partial charge is 0.186 e. The molecule has 0 saturated carbocycles. The van der Waals surface area contributed by atoms with Gasteiger partial charge in [-0.3, -0.25) is 0 Å². The van der Waals surface area contributed by atoms with E-state index in [-0.39, 0.29) is 6.61 Å². The molecule has 26 heavy (non-hydrogen) atoms.